The van der Waals surface area contributed by atoms with Crippen LogP contribution in [0.5, 0.6) is 0 Å². The van der Waals surface area contributed by atoms with Crippen LogP contribution in [0.25, 0.3) is 0 Å². The summed E-state index contributed by atoms with van der Waals surface area (Å²) in [4.78, 5) is 15.6. The van der Waals surface area contributed by atoms with Crippen molar-refractivity contribution in [3.63, 3.8) is 0 Å². The molecule has 3 rings (SSSR count). The molecule has 0 radical (unpaired) electrons. The Morgan fingerprint density at radius 3 is 3.00 bits per heavy atom. The molecule has 3 heterocycles. The first-order chi connectivity index (χ1) is 11.6. The van der Waals surface area contributed by atoms with Crippen molar-refractivity contribution in [3.05, 3.63) is 46.5 Å². The summed E-state index contributed by atoms with van der Waals surface area (Å²) in [6, 6.07) is 7.38. The summed E-state index contributed by atoms with van der Waals surface area (Å²) < 4.78 is 5.52. The molecule has 0 aromatic carbocycles. The number of amides is 1. The number of hydrogen-bond acceptors (Lipinski definition) is 6. The Bertz CT molecular complexity index is 697. The largest absolute Gasteiger partial charge is 0.467 e. The number of carbonyl (C=O) groups excluding carboxylic acids is 1. The number of aliphatic hydroxyl groups is 1. The molecule has 1 amide bonds. The van der Waals surface area contributed by atoms with Crippen molar-refractivity contribution in [1.29, 1.82) is 0 Å². The molecular weight excluding hydrogens is 326 g/mol. The highest BCUT2D eigenvalue weighted by Gasteiger charge is 2.35. The zero-order valence-corrected chi connectivity index (χ0v) is 14.6. The van der Waals surface area contributed by atoms with Gasteiger partial charge in [-0.15, -0.1) is 11.3 Å². The second-order valence-corrected chi connectivity index (χ2v) is 6.89. The molecule has 7 heteroatoms. The van der Waals surface area contributed by atoms with Gasteiger partial charge >= 0.3 is 0 Å². The van der Waals surface area contributed by atoms with E-state index < -0.39 is 0 Å². The van der Waals surface area contributed by atoms with Crippen LogP contribution in [-0.2, 0) is 4.79 Å². The van der Waals surface area contributed by atoms with Gasteiger partial charge in [0.05, 0.1) is 30.0 Å². The molecular formula is C17H21N3O3S. The SMILES string of the molecule is CC(CO)N(C)CC(=O)N1N=C(c2cccs2)CC1c1ccco1. The average molecular weight is 347 g/mol. The summed E-state index contributed by atoms with van der Waals surface area (Å²) in [6.07, 6.45) is 2.25. The molecule has 1 aliphatic rings. The van der Waals surface area contributed by atoms with Crippen LogP contribution in [-0.4, -0.2) is 52.9 Å². The topological polar surface area (TPSA) is 69.3 Å². The molecule has 2 aromatic heterocycles. The zero-order chi connectivity index (χ0) is 17.1. The van der Waals surface area contributed by atoms with Crippen LogP contribution in [0.1, 0.15) is 30.0 Å². The highest BCUT2D eigenvalue weighted by molar-refractivity contribution is 7.12. The second-order valence-electron chi connectivity index (χ2n) is 5.94. The van der Waals surface area contributed by atoms with E-state index in [-0.39, 0.29) is 31.1 Å². The molecule has 6 nitrogen and oxygen atoms in total. The molecule has 2 unspecified atom stereocenters. The molecule has 0 aliphatic carbocycles. The van der Waals surface area contributed by atoms with Gasteiger partial charge in [-0.3, -0.25) is 9.69 Å². The molecule has 2 aromatic rings. The maximum atomic E-state index is 12.8. The van der Waals surface area contributed by atoms with Crippen molar-refractivity contribution in [3.8, 4) is 0 Å². The summed E-state index contributed by atoms with van der Waals surface area (Å²) in [6.45, 7) is 2.08. The predicted molar refractivity (Wildman–Crippen MR) is 92.9 cm³/mol. The summed E-state index contributed by atoms with van der Waals surface area (Å²) in [7, 11) is 1.82. The van der Waals surface area contributed by atoms with Gasteiger partial charge in [0.2, 0.25) is 0 Å². The molecule has 0 saturated heterocycles. The lowest BCUT2D eigenvalue weighted by molar-refractivity contribution is -0.134. The zero-order valence-electron chi connectivity index (χ0n) is 13.8. The van der Waals surface area contributed by atoms with Gasteiger partial charge in [0.25, 0.3) is 5.91 Å². The fraction of sp³-hybridized carbons (Fsp3) is 0.412. The van der Waals surface area contributed by atoms with Crippen molar-refractivity contribution in [2.24, 2.45) is 5.10 Å². The maximum absolute atomic E-state index is 12.8. The van der Waals surface area contributed by atoms with Gasteiger partial charge in [0.1, 0.15) is 11.8 Å². The molecule has 1 N–H and O–H groups in total. The number of aliphatic hydroxyl groups excluding tert-OH is 1. The Hall–Kier alpha value is -1.96. The smallest absolute Gasteiger partial charge is 0.257 e. The van der Waals surface area contributed by atoms with Gasteiger partial charge in [-0.25, -0.2) is 5.01 Å². The van der Waals surface area contributed by atoms with Gasteiger partial charge in [-0.05, 0) is 37.6 Å². The third-order valence-corrected chi connectivity index (χ3v) is 5.16. The van der Waals surface area contributed by atoms with E-state index in [0.717, 1.165) is 16.3 Å². The maximum Gasteiger partial charge on any atom is 0.257 e. The van der Waals surface area contributed by atoms with Crippen molar-refractivity contribution in [2.75, 3.05) is 20.2 Å². The first-order valence-electron chi connectivity index (χ1n) is 7.88. The first kappa shape index (κ1) is 16.9. The van der Waals surface area contributed by atoms with Crippen LogP contribution in [0, 0.1) is 0 Å². The average Bonchev–Trinajstić information content (AvgIpc) is 3.33. The summed E-state index contributed by atoms with van der Waals surface area (Å²) >= 11 is 1.61. The number of furan rings is 1. The van der Waals surface area contributed by atoms with E-state index >= 15 is 0 Å². The fourth-order valence-corrected chi connectivity index (χ4v) is 3.34. The number of hydrazone groups is 1. The number of nitrogens with zero attached hydrogens (tertiary/aromatic N) is 3. The van der Waals surface area contributed by atoms with E-state index in [1.54, 1.807) is 17.6 Å². The minimum Gasteiger partial charge on any atom is -0.467 e. The lowest BCUT2D eigenvalue weighted by atomic mass is 10.1. The van der Waals surface area contributed by atoms with Crippen LogP contribution in [0.3, 0.4) is 0 Å². The molecule has 1 aliphatic heterocycles. The quantitative estimate of drug-likeness (QED) is 0.871. The van der Waals surface area contributed by atoms with Gasteiger partial charge in [0, 0.05) is 12.5 Å². The second kappa shape index (κ2) is 7.29. The Morgan fingerprint density at radius 1 is 1.54 bits per heavy atom. The van der Waals surface area contributed by atoms with Gasteiger partial charge in [-0.2, -0.15) is 5.10 Å². The molecule has 0 spiro atoms. The third kappa shape index (κ3) is 3.43. The molecule has 0 bridgehead atoms. The number of hydrogen-bond donors (Lipinski definition) is 1. The van der Waals surface area contributed by atoms with E-state index in [4.69, 9.17) is 4.42 Å². The van der Waals surface area contributed by atoms with E-state index in [9.17, 15) is 9.90 Å². The lowest BCUT2D eigenvalue weighted by Crippen LogP contribution is -2.41. The third-order valence-electron chi connectivity index (χ3n) is 4.24. The minimum atomic E-state index is -0.220. The van der Waals surface area contributed by atoms with E-state index in [2.05, 4.69) is 5.10 Å². The van der Waals surface area contributed by atoms with Crippen LogP contribution in [0.15, 0.2) is 45.4 Å². The number of rotatable bonds is 6. The van der Waals surface area contributed by atoms with Gasteiger partial charge < -0.3 is 9.52 Å². The number of carbonyl (C=O) groups is 1. The molecule has 0 saturated carbocycles. The Kier molecular flexibility index (Phi) is 5.13. The standard InChI is InChI=1S/C17H21N3O3S/c1-12(11-21)19(2)10-17(22)20-14(15-5-3-7-23-15)9-13(18-20)16-6-4-8-24-16/h3-8,12,14,21H,9-11H2,1-2H3. The Morgan fingerprint density at radius 2 is 2.38 bits per heavy atom. The van der Waals surface area contributed by atoms with Crippen LogP contribution in [0.4, 0.5) is 0 Å². The molecule has 24 heavy (non-hydrogen) atoms. The van der Waals surface area contributed by atoms with E-state index in [1.165, 1.54) is 5.01 Å². The van der Waals surface area contributed by atoms with Crippen molar-refractivity contribution in [2.45, 2.75) is 25.4 Å². The minimum absolute atomic E-state index is 0.00903. The molecule has 2 atom stereocenters. The van der Waals surface area contributed by atoms with Crippen molar-refractivity contribution >= 4 is 23.0 Å². The van der Waals surface area contributed by atoms with Crippen molar-refractivity contribution < 1.29 is 14.3 Å². The highest BCUT2D eigenvalue weighted by Crippen LogP contribution is 2.34. The Labute approximate surface area is 145 Å². The molecule has 128 valence electrons. The van der Waals surface area contributed by atoms with Crippen LogP contribution < -0.4 is 0 Å². The normalized spacial score (nSPS) is 18.9. The predicted octanol–water partition coefficient (Wildman–Crippen LogP) is 2.33. The fourth-order valence-electron chi connectivity index (χ4n) is 2.62. The lowest BCUT2D eigenvalue weighted by Gasteiger charge is -2.26. The van der Waals surface area contributed by atoms with Crippen molar-refractivity contribution in [1.82, 2.24) is 9.91 Å². The van der Waals surface area contributed by atoms with E-state index in [1.807, 2.05) is 48.5 Å². The van der Waals surface area contributed by atoms with Crippen LogP contribution in [0.2, 0.25) is 0 Å². The summed E-state index contributed by atoms with van der Waals surface area (Å²) in [5, 5.41) is 17.3. The highest BCUT2D eigenvalue weighted by atomic mass is 32.1. The summed E-state index contributed by atoms with van der Waals surface area (Å²) in [5.41, 5.74) is 0.901. The molecule has 0 fully saturated rings. The van der Waals surface area contributed by atoms with Gasteiger partial charge in [0.15, 0.2) is 0 Å². The number of thiophene rings is 1. The monoisotopic (exact) mass is 347 g/mol. The number of likely N-dealkylation sites (N-methyl/N-ethyl adjacent to an activating group) is 1. The Balaban J connectivity index is 1.82. The summed E-state index contributed by atoms with van der Waals surface area (Å²) in [5.74, 6) is 0.627. The van der Waals surface area contributed by atoms with Crippen LogP contribution >= 0.6 is 11.3 Å². The van der Waals surface area contributed by atoms with E-state index in [0.29, 0.717) is 6.42 Å². The van der Waals surface area contributed by atoms with Gasteiger partial charge in [-0.1, -0.05) is 6.07 Å². The first-order valence-corrected chi connectivity index (χ1v) is 8.76.